The lowest BCUT2D eigenvalue weighted by Crippen LogP contribution is -2.50. The number of aliphatic hydroxyl groups excluding tert-OH is 1. The Kier molecular flexibility index (Phi) is 6.61. The molecule has 2 N–H and O–H groups in total. The lowest BCUT2D eigenvalue weighted by molar-refractivity contribution is -0.527. The summed E-state index contributed by atoms with van der Waals surface area (Å²) < 4.78 is 102. The van der Waals surface area contributed by atoms with E-state index in [1.54, 1.807) is 0 Å². The number of hydrogen-bond donors (Lipinski definition) is 2. The Balaban J connectivity index is 1.62. The van der Waals surface area contributed by atoms with Crippen molar-refractivity contribution < 1.29 is 50.1 Å². The van der Waals surface area contributed by atoms with Gasteiger partial charge in [0, 0.05) is 28.5 Å². The number of pyridine rings is 1. The maximum atomic E-state index is 15.6. The van der Waals surface area contributed by atoms with Gasteiger partial charge >= 0.3 is 12.1 Å². The molecule has 2 aromatic heterocycles. The van der Waals surface area contributed by atoms with Gasteiger partial charge in [0.15, 0.2) is 11.4 Å². The zero-order valence-electron chi connectivity index (χ0n) is 18.2. The highest BCUT2D eigenvalue weighted by atomic mass is 19.4. The van der Waals surface area contributed by atoms with E-state index in [0.717, 1.165) is 41.5 Å². The molecule has 7 nitrogen and oxygen atoms in total. The summed E-state index contributed by atoms with van der Waals surface area (Å²) in [6.07, 6.45) is -5.88. The van der Waals surface area contributed by atoms with E-state index in [9.17, 15) is 32.2 Å². The van der Waals surface area contributed by atoms with Gasteiger partial charge in [0.1, 0.15) is 29.6 Å². The summed E-state index contributed by atoms with van der Waals surface area (Å²) in [5.41, 5.74) is -5.12. The van der Waals surface area contributed by atoms with Crippen LogP contribution in [0.5, 0.6) is 0 Å². The Morgan fingerprint density at radius 1 is 1.00 bits per heavy atom. The SMILES string of the molecule is OC(c1ccc(C#Cc2ccc(C(F)(F)C(O)(C[N+]3=NN=C3)c3ccc(F)cc3F)nc2)o1)C(F)(F)F. The molecule has 4 rings (SSSR count). The molecule has 0 radical (unpaired) electrons. The Bertz CT molecular complexity index is 1440. The standard InChI is InChI=1S/C23H14F7N4O3/c24-14-3-6-16(17(25)9-14)21(36,11-34-12-32-33-34)22(26,27)19-8-2-13(10-31-19)1-4-15-5-7-18(37-15)20(35)23(28,29)30/h2-3,5-10,12,20,35-36H,11H2/q+1. The van der Waals surface area contributed by atoms with Crippen LogP contribution in [0.1, 0.15) is 34.4 Å². The van der Waals surface area contributed by atoms with Gasteiger partial charge in [0.2, 0.25) is 6.10 Å². The normalized spacial score (nSPS) is 15.8. The van der Waals surface area contributed by atoms with Gasteiger partial charge < -0.3 is 14.6 Å². The molecule has 192 valence electrons. The van der Waals surface area contributed by atoms with E-state index in [0.29, 0.717) is 18.2 Å². The van der Waals surface area contributed by atoms with Gasteiger partial charge in [0.05, 0.1) is 5.22 Å². The summed E-state index contributed by atoms with van der Waals surface area (Å²) in [5.74, 6) is -2.91. The molecule has 1 aliphatic rings. The van der Waals surface area contributed by atoms with E-state index in [1.807, 2.05) is 0 Å². The van der Waals surface area contributed by atoms with Gasteiger partial charge in [0.25, 0.3) is 6.34 Å². The summed E-state index contributed by atoms with van der Waals surface area (Å²) in [7, 11) is 0. The number of halogens is 7. The molecule has 0 spiro atoms. The monoisotopic (exact) mass is 527 g/mol. The summed E-state index contributed by atoms with van der Waals surface area (Å²) in [6.45, 7) is -0.945. The molecule has 1 aromatic carbocycles. The summed E-state index contributed by atoms with van der Waals surface area (Å²) in [6, 6.07) is 5.58. The number of alkyl halides is 5. The highest BCUT2D eigenvalue weighted by molar-refractivity contribution is 5.45. The summed E-state index contributed by atoms with van der Waals surface area (Å²) >= 11 is 0. The molecule has 0 saturated heterocycles. The van der Waals surface area contributed by atoms with Crippen molar-refractivity contribution in [2.24, 2.45) is 10.3 Å². The quantitative estimate of drug-likeness (QED) is 0.283. The number of hydrogen-bond acceptors (Lipinski definition) is 6. The molecule has 14 heteroatoms. The van der Waals surface area contributed by atoms with E-state index in [1.165, 1.54) is 0 Å². The highest BCUT2D eigenvalue weighted by Crippen LogP contribution is 2.46. The molecular weight excluding hydrogens is 513 g/mol. The molecule has 3 aromatic rings. The predicted octanol–water partition coefficient (Wildman–Crippen LogP) is 4.35. The highest BCUT2D eigenvalue weighted by Gasteiger charge is 2.59. The Morgan fingerprint density at radius 2 is 1.73 bits per heavy atom. The largest absolute Gasteiger partial charge is 0.450 e. The van der Waals surface area contributed by atoms with Crippen LogP contribution in [0.15, 0.2) is 63.4 Å². The number of benzene rings is 1. The van der Waals surface area contributed by atoms with Crippen molar-refractivity contribution in [1.29, 1.82) is 0 Å². The van der Waals surface area contributed by atoms with Crippen molar-refractivity contribution >= 4 is 6.34 Å². The summed E-state index contributed by atoms with van der Waals surface area (Å²) in [5, 5.41) is 27.0. The molecule has 0 saturated carbocycles. The van der Waals surface area contributed by atoms with Crippen molar-refractivity contribution in [2.75, 3.05) is 6.54 Å². The van der Waals surface area contributed by atoms with Gasteiger partial charge in [-0.05, 0) is 42.3 Å². The van der Waals surface area contributed by atoms with Crippen molar-refractivity contribution in [3.05, 3.63) is 88.6 Å². The number of β-amino-alcohol motifs (C(OH)–C–C–N with tert-alkyl or cyclic N) is 1. The van der Waals surface area contributed by atoms with Crippen LogP contribution < -0.4 is 0 Å². The molecule has 1 aliphatic heterocycles. The number of furan rings is 1. The number of aliphatic hydroxyl groups is 2. The van der Waals surface area contributed by atoms with Crippen LogP contribution in [0.4, 0.5) is 30.7 Å². The molecule has 2 atom stereocenters. The molecule has 3 heterocycles. The summed E-state index contributed by atoms with van der Waals surface area (Å²) in [4.78, 5) is 3.61. The smallest absolute Gasteiger partial charge is 0.421 e. The minimum Gasteiger partial charge on any atom is -0.450 e. The Morgan fingerprint density at radius 3 is 2.30 bits per heavy atom. The number of aromatic nitrogens is 1. The lowest BCUT2D eigenvalue weighted by Gasteiger charge is -2.35. The molecule has 2 unspecified atom stereocenters. The van der Waals surface area contributed by atoms with E-state index in [-0.39, 0.29) is 11.3 Å². The zero-order chi connectivity index (χ0) is 27.0. The minimum atomic E-state index is -4.94. The van der Waals surface area contributed by atoms with Gasteiger partial charge in [-0.15, -0.1) is 4.70 Å². The maximum Gasteiger partial charge on any atom is 0.421 e. The van der Waals surface area contributed by atoms with Crippen LogP contribution in [0.25, 0.3) is 0 Å². The molecule has 0 aliphatic carbocycles. The van der Waals surface area contributed by atoms with Gasteiger partial charge in [-0.25, -0.2) is 8.78 Å². The predicted molar refractivity (Wildman–Crippen MR) is 110 cm³/mol. The second kappa shape index (κ2) is 9.41. The maximum absolute atomic E-state index is 15.6. The fourth-order valence-electron chi connectivity index (χ4n) is 3.34. The fourth-order valence-corrected chi connectivity index (χ4v) is 3.34. The number of nitrogens with zero attached hydrogens (tertiary/aromatic N) is 4. The fraction of sp³-hybridized carbons (Fsp3) is 0.217. The van der Waals surface area contributed by atoms with E-state index in [2.05, 4.69) is 27.1 Å². The van der Waals surface area contributed by atoms with Crippen LogP contribution in [0.2, 0.25) is 0 Å². The van der Waals surface area contributed by atoms with Crippen LogP contribution >= 0.6 is 0 Å². The van der Waals surface area contributed by atoms with Crippen molar-refractivity contribution in [1.82, 2.24) is 4.98 Å². The zero-order valence-corrected chi connectivity index (χ0v) is 18.2. The second-order valence-electron chi connectivity index (χ2n) is 7.81. The first-order chi connectivity index (χ1) is 17.3. The average molecular weight is 527 g/mol. The Labute approximate surface area is 203 Å². The Hall–Kier alpha value is -4.09. The first-order valence-corrected chi connectivity index (χ1v) is 10.2. The average Bonchev–Trinajstić information content (AvgIpc) is 3.28. The second-order valence-corrected chi connectivity index (χ2v) is 7.81. The van der Waals surface area contributed by atoms with Crippen LogP contribution in [-0.4, -0.2) is 39.0 Å². The van der Waals surface area contributed by atoms with Crippen LogP contribution in [-0.2, 0) is 11.5 Å². The molecule has 0 amide bonds. The third-order valence-corrected chi connectivity index (χ3v) is 5.26. The molecule has 0 fully saturated rings. The van der Waals surface area contributed by atoms with E-state index >= 15 is 8.78 Å². The topological polar surface area (TPSA) is 94.2 Å². The van der Waals surface area contributed by atoms with Gasteiger partial charge in [-0.2, -0.15) is 22.0 Å². The van der Waals surface area contributed by atoms with Crippen molar-refractivity contribution in [2.45, 2.75) is 23.8 Å². The first kappa shape index (κ1) is 26.0. The first-order valence-electron chi connectivity index (χ1n) is 10.2. The van der Waals surface area contributed by atoms with Gasteiger partial charge in [-0.3, -0.25) is 4.98 Å². The molecular formula is C23H14F7N4O3+. The lowest BCUT2D eigenvalue weighted by atomic mass is 9.84. The van der Waals surface area contributed by atoms with Crippen LogP contribution in [0.3, 0.4) is 0 Å². The van der Waals surface area contributed by atoms with E-state index < -0.39 is 59.0 Å². The minimum absolute atomic E-state index is 0.0373. The molecule has 0 bridgehead atoms. The van der Waals surface area contributed by atoms with Crippen molar-refractivity contribution in [3.63, 3.8) is 0 Å². The third-order valence-electron chi connectivity index (χ3n) is 5.26. The van der Waals surface area contributed by atoms with Crippen LogP contribution in [0, 0.1) is 23.5 Å². The molecule has 37 heavy (non-hydrogen) atoms. The van der Waals surface area contributed by atoms with Crippen molar-refractivity contribution in [3.8, 4) is 11.8 Å². The third kappa shape index (κ3) is 5.09. The van der Waals surface area contributed by atoms with Gasteiger partial charge in [-0.1, -0.05) is 5.92 Å². The number of rotatable bonds is 6. The van der Waals surface area contributed by atoms with E-state index in [4.69, 9.17) is 4.42 Å².